The maximum atomic E-state index is 12.1. The molecule has 0 N–H and O–H groups in total. The number of para-hydroxylation sites is 1. The van der Waals surface area contributed by atoms with Gasteiger partial charge in [-0.1, -0.05) is 29.8 Å². The molecule has 2 aromatic carbocycles. The summed E-state index contributed by atoms with van der Waals surface area (Å²) in [5, 5.41) is 5.32. The number of methoxy groups -OCH3 is 1. The zero-order valence-corrected chi connectivity index (χ0v) is 17.5. The Balaban J connectivity index is 2.04. The predicted octanol–water partition coefficient (Wildman–Crippen LogP) is 4.62. The molecule has 1 heterocycles. The number of amides is 1. The minimum Gasteiger partial charge on any atom is -0.439 e. The molecule has 1 aromatic heterocycles. The fourth-order valence-electron chi connectivity index (χ4n) is 2.92. The van der Waals surface area contributed by atoms with Crippen LogP contribution in [0.4, 0.5) is 0 Å². The van der Waals surface area contributed by atoms with Gasteiger partial charge in [0.2, 0.25) is 11.8 Å². The molecule has 7 heteroatoms. The second-order valence-electron chi connectivity index (χ2n) is 6.61. The molecule has 0 aliphatic heterocycles. The molecule has 6 nitrogen and oxygen atoms in total. The first kappa shape index (κ1) is 20.9. The van der Waals surface area contributed by atoms with Gasteiger partial charge in [-0.25, -0.2) is 4.68 Å². The molecule has 0 radical (unpaired) electrons. The standard InChI is InChI=1S/C22H24ClN3O3/c1-16-21(15-25(17(2)27)13-14-28-3)22(29-20-7-5-4-6-8-20)26(24-16)19-11-9-18(23)10-12-19/h4-12H,13-15H2,1-3H3. The molecule has 0 aliphatic carbocycles. The maximum absolute atomic E-state index is 12.1. The van der Waals surface area contributed by atoms with Gasteiger partial charge in [0.05, 0.1) is 30.1 Å². The fraction of sp³-hybridized carbons (Fsp3) is 0.273. The molecule has 0 saturated carbocycles. The Morgan fingerprint density at radius 1 is 1.14 bits per heavy atom. The van der Waals surface area contributed by atoms with Crippen molar-refractivity contribution in [2.45, 2.75) is 20.4 Å². The van der Waals surface area contributed by atoms with Crippen molar-refractivity contribution in [3.05, 3.63) is 70.9 Å². The Bertz CT molecular complexity index is 955. The Morgan fingerprint density at radius 3 is 2.45 bits per heavy atom. The molecular weight excluding hydrogens is 390 g/mol. The van der Waals surface area contributed by atoms with Crippen molar-refractivity contribution in [3.63, 3.8) is 0 Å². The first-order valence-corrected chi connectivity index (χ1v) is 9.69. The number of aromatic nitrogens is 2. The molecule has 0 saturated heterocycles. The topological polar surface area (TPSA) is 56.6 Å². The highest BCUT2D eigenvalue weighted by Crippen LogP contribution is 2.32. The van der Waals surface area contributed by atoms with E-state index in [0.29, 0.717) is 36.3 Å². The first-order chi connectivity index (χ1) is 14.0. The number of hydrogen-bond donors (Lipinski definition) is 0. The highest BCUT2D eigenvalue weighted by Gasteiger charge is 2.22. The highest BCUT2D eigenvalue weighted by molar-refractivity contribution is 6.30. The van der Waals surface area contributed by atoms with E-state index in [-0.39, 0.29) is 5.91 Å². The van der Waals surface area contributed by atoms with Gasteiger partial charge in [0.25, 0.3) is 0 Å². The molecule has 0 spiro atoms. The minimum atomic E-state index is -0.0358. The number of aryl methyl sites for hydroxylation is 1. The summed E-state index contributed by atoms with van der Waals surface area (Å²) >= 11 is 6.04. The number of halogens is 1. The van der Waals surface area contributed by atoms with Gasteiger partial charge in [-0.05, 0) is 43.3 Å². The summed E-state index contributed by atoms with van der Waals surface area (Å²) in [6.07, 6.45) is 0. The molecule has 0 fully saturated rings. The first-order valence-electron chi connectivity index (χ1n) is 9.31. The van der Waals surface area contributed by atoms with Crippen molar-refractivity contribution in [1.29, 1.82) is 0 Å². The zero-order valence-electron chi connectivity index (χ0n) is 16.8. The van der Waals surface area contributed by atoms with Gasteiger partial charge in [-0.3, -0.25) is 4.79 Å². The third-order valence-corrected chi connectivity index (χ3v) is 4.78. The summed E-state index contributed by atoms with van der Waals surface area (Å²) in [6.45, 7) is 4.78. The van der Waals surface area contributed by atoms with E-state index >= 15 is 0 Å². The van der Waals surface area contributed by atoms with Crippen molar-refractivity contribution in [1.82, 2.24) is 14.7 Å². The van der Waals surface area contributed by atoms with Crippen LogP contribution in [0.3, 0.4) is 0 Å². The lowest BCUT2D eigenvalue weighted by Crippen LogP contribution is -2.31. The number of carbonyl (C=O) groups excluding carboxylic acids is 1. The average molecular weight is 414 g/mol. The van der Waals surface area contributed by atoms with Gasteiger partial charge >= 0.3 is 0 Å². The summed E-state index contributed by atoms with van der Waals surface area (Å²) in [5.74, 6) is 1.22. The van der Waals surface area contributed by atoms with Crippen molar-refractivity contribution in [2.24, 2.45) is 0 Å². The molecule has 0 aliphatic rings. The number of hydrogen-bond acceptors (Lipinski definition) is 4. The third-order valence-electron chi connectivity index (χ3n) is 4.53. The second-order valence-corrected chi connectivity index (χ2v) is 7.04. The van der Waals surface area contributed by atoms with Crippen LogP contribution in [-0.2, 0) is 16.1 Å². The lowest BCUT2D eigenvalue weighted by atomic mass is 10.2. The fourth-order valence-corrected chi connectivity index (χ4v) is 3.05. The van der Waals surface area contributed by atoms with Crippen molar-refractivity contribution >= 4 is 17.5 Å². The largest absolute Gasteiger partial charge is 0.439 e. The van der Waals surface area contributed by atoms with E-state index in [4.69, 9.17) is 21.1 Å². The molecule has 3 rings (SSSR count). The van der Waals surface area contributed by atoms with Crippen LogP contribution >= 0.6 is 11.6 Å². The van der Waals surface area contributed by atoms with E-state index in [0.717, 1.165) is 16.9 Å². The van der Waals surface area contributed by atoms with Crippen molar-refractivity contribution < 1.29 is 14.3 Å². The van der Waals surface area contributed by atoms with Crippen molar-refractivity contribution in [3.8, 4) is 17.3 Å². The normalized spacial score (nSPS) is 10.8. The van der Waals surface area contributed by atoms with Crippen LogP contribution in [-0.4, -0.2) is 40.8 Å². The van der Waals surface area contributed by atoms with E-state index in [1.54, 1.807) is 35.7 Å². The molecule has 152 valence electrons. The van der Waals surface area contributed by atoms with Crippen LogP contribution in [0.25, 0.3) is 5.69 Å². The Hall–Kier alpha value is -2.83. The lowest BCUT2D eigenvalue weighted by Gasteiger charge is -2.21. The van der Waals surface area contributed by atoms with E-state index in [2.05, 4.69) is 5.10 Å². The maximum Gasteiger partial charge on any atom is 0.227 e. The van der Waals surface area contributed by atoms with Gasteiger partial charge in [0.15, 0.2) is 0 Å². The third kappa shape index (κ3) is 5.16. The molecule has 0 bridgehead atoms. The number of benzene rings is 2. The lowest BCUT2D eigenvalue weighted by molar-refractivity contribution is -0.130. The second kappa shape index (κ2) is 9.58. The van der Waals surface area contributed by atoms with Crippen LogP contribution < -0.4 is 4.74 Å². The van der Waals surface area contributed by atoms with Gasteiger partial charge in [0, 0.05) is 25.6 Å². The number of ether oxygens (including phenoxy) is 2. The van der Waals surface area contributed by atoms with Crippen LogP contribution in [0, 0.1) is 6.92 Å². The molecular formula is C22H24ClN3O3. The average Bonchev–Trinajstić information content (AvgIpc) is 3.01. The van der Waals surface area contributed by atoms with Crippen molar-refractivity contribution in [2.75, 3.05) is 20.3 Å². The summed E-state index contributed by atoms with van der Waals surface area (Å²) in [6, 6.07) is 16.9. The summed E-state index contributed by atoms with van der Waals surface area (Å²) in [5.41, 5.74) is 2.45. The number of rotatable bonds is 8. The SMILES string of the molecule is COCCN(Cc1c(C)nn(-c2ccc(Cl)cc2)c1Oc1ccccc1)C(C)=O. The predicted molar refractivity (Wildman–Crippen MR) is 113 cm³/mol. The summed E-state index contributed by atoms with van der Waals surface area (Å²) in [4.78, 5) is 13.9. The summed E-state index contributed by atoms with van der Waals surface area (Å²) in [7, 11) is 1.62. The van der Waals surface area contributed by atoms with E-state index < -0.39 is 0 Å². The molecule has 0 unspecified atom stereocenters. The van der Waals surface area contributed by atoms with E-state index in [1.807, 2.05) is 49.4 Å². The number of carbonyl (C=O) groups is 1. The Labute approximate surface area is 175 Å². The molecule has 29 heavy (non-hydrogen) atoms. The Kier molecular flexibility index (Phi) is 6.90. The molecule has 3 aromatic rings. The Morgan fingerprint density at radius 2 is 1.83 bits per heavy atom. The van der Waals surface area contributed by atoms with Gasteiger partial charge in [-0.2, -0.15) is 5.10 Å². The van der Waals surface area contributed by atoms with Gasteiger partial charge < -0.3 is 14.4 Å². The number of nitrogens with zero attached hydrogens (tertiary/aromatic N) is 3. The van der Waals surface area contributed by atoms with Crippen LogP contribution in [0.1, 0.15) is 18.2 Å². The highest BCUT2D eigenvalue weighted by atomic mass is 35.5. The summed E-state index contributed by atoms with van der Waals surface area (Å²) < 4.78 is 13.1. The molecule has 0 atom stereocenters. The van der Waals surface area contributed by atoms with E-state index in [1.165, 1.54) is 0 Å². The van der Waals surface area contributed by atoms with Crippen LogP contribution in [0.5, 0.6) is 11.6 Å². The van der Waals surface area contributed by atoms with E-state index in [9.17, 15) is 4.79 Å². The van der Waals surface area contributed by atoms with Crippen LogP contribution in [0.15, 0.2) is 54.6 Å². The smallest absolute Gasteiger partial charge is 0.227 e. The molecule has 1 amide bonds. The minimum absolute atomic E-state index is 0.0358. The van der Waals surface area contributed by atoms with Gasteiger partial charge in [-0.15, -0.1) is 0 Å². The van der Waals surface area contributed by atoms with Gasteiger partial charge in [0.1, 0.15) is 5.75 Å². The van der Waals surface area contributed by atoms with Crippen LogP contribution in [0.2, 0.25) is 5.02 Å². The zero-order chi connectivity index (χ0) is 20.8. The monoisotopic (exact) mass is 413 g/mol. The quantitative estimate of drug-likeness (QED) is 0.540.